The summed E-state index contributed by atoms with van der Waals surface area (Å²) in [6, 6.07) is 6.79. The molecular weight excluding hydrogens is 1240 g/mol. The molecule has 2 aliphatic carbocycles. The third-order valence-electron chi connectivity index (χ3n) is 13.9. The lowest BCUT2D eigenvalue weighted by atomic mass is 9.78. The maximum absolute atomic E-state index is 15.7. The van der Waals surface area contributed by atoms with Gasteiger partial charge in [0, 0.05) is 54.5 Å². The smallest absolute Gasteiger partial charge is 0.477 e. The molecule has 7 aromatic rings. The Morgan fingerprint density at radius 3 is 2.27 bits per heavy atom. The van der Waals surface area contributed by atoms with Crippen molar-refractivity contribution >= 4 is 76.6 Å². The number of pyridine rings is 1. The number of phosphoric acid groups is 1. The van der Waals surface area contributed by atoms with Gasteiger partial charge in [-0.15, -0.1) is 0 Å². The molecule has 3 aromatic carbocycles. The highest BCUT2D eigenvalue weighted by atomic mass is 35.5. The predicted octanol–water partition coefficient (Wildman–Crippen LogP) is 8.49. The Morgan fingerprint density at radius 2 is 1.66 bits per heavy atom. The quantitative estimate of drug-likeness (QED) is 0.0353. The van der Waals surface area contributed by atoms with Crippen molar-refractivity contribution in [2.45, 2.75) is 95.1 Å². The molecule has 2 amide bonds. The first-order chi connectivity index (χ1) is 39.2. The SMILES string of the molecule is Cc1cc(CP(=O)(O)O)c(C(C)(C)CC(=O)N(c2nn(C)c3c(-n4c([C@H](Cc5cc(F)cc(F)c5)NC(=O)Cn5nc(C(F)F)c6c5C(F)(F)[C@@H]5C[C@H]65)nc5nc(OCCC(F)(F)F)ccc5c4=O)ccc(Cl)c23)S(C)(=O)=O)c(OP(=O)(O)O)c1. The molecule has 1 saturated carbocycles. The summed E-state index contributed by atoms with van der Waals surface area (Å²) in [5.74, 6) is -13.6. The van der Waals surface area contributed by atoms with E-state index < -0.39 is 197 Å². The van der Waals surface area contributed by atoms with Crippen LogP contribution in [0.5, 0.6) is 11.6 Å². The van der Waals surface area contributed by atoms with Crippen molar-refractivity contribution in [3.63, 3.8) is 0 Å². The largest absolute Gasteiger partial charge is 0.524 e. The van der Waals surface area contributed by atoms with Crippen LogP contribution in [-0.2, 0) is 66.3 Å². The van der Waals surface area contributed by atoms with Gasteiger partial charge in [-0.1, -0.05) is 31.5 Å². The lowest BCUT2D eigenvalue weighted by molar-refractivity contribution is -0.139. The van der Waals surface area contributed by atoms with Gasteiger partial charge in [0.15, 0.2) is 11.5 Å². The van der Waals surface area contributed by atoms with Crippen LogP contribution in [0.2, 0.25) is 5.02 Å². The molecule has 9 rings (SSSR count). The summed E-state index contributed by atoms with van der Waals surface area (Å²) in [6.45, 7) is 1.76. The Bertz CT molecular complexity index is 4130. The van der Waals surface area contributed by atoms with Crippen LogP contribution in [0, 0.1) is 24.5 Å². The second-order valence-corrected chi connectivity index (χ2v) is 26.1. The molecule has 4 aromatic heterocycles. The normalized spacial score (nSPS) is 16.4. The molecule has 0 saturated heterocycles. The van der Waals surface area contributed by atoms with Gasteiger partial charge in [-0.25, -0.2) is 35.5 Å². The molecule has 0 spiro atoms. The highest BCUT2D eigenvalue weighted by Crippen LogP contribution is 2.68. The van der Waals surface area contributed by atoms with E-state index >= 15 is 13.6 Å². The monoisotopic (exact) mass is 1280 g/mol. The molecule has 0 radical (unpaired) electrons. The third kappa shape index (κ3) is 13.0. The molecule has 85 heavy (non-hydrogen) atoms. The summed E-state index contributed by atoms with van der Waals surface area (Å²) >= 11 is 6.86. The van der Waals surface area contributed by atoms with Crippen LogP contribution in [0.3, 0.4) is 0 Å². The number of alkyl halides is 7. The lowest BCUT2D eigenvalue weighted by Gasteiger charge is -2.31. The van der Waals surface area contributed by atoms with Crippen LogP contribution < -0.4 is 24.4 Å². The number of carbonyl (C=O) groups excluding carboxylic acids is 2. The summed E-state index contributed by atoms with van der Waals surface area (Å²) in [6.07, 6.45) is -11.8. The number of fused-ring (bicyclic) bond motifs is 5. The lowest BCUT2D eigenvalue weighted by Crippen LogP contribution is -2.40. The summed E-state index contributed by atoms with van der Waals surface area (Å²) in [5.41, 5.74) is -7.36. The van der Waals surface area contributed by atoms with Gasteiger partial charge in [-0.05, 0) is 72.4 Å². The van der Waals surface area contributed by atoms with Crippen LogP contribution in [0.15, 0.2) is 59.4 Å². The molecule has 5 N–H and O–H groups in total. The van der Waals surface area contributed by atoms with Gasteiger partial charge >= 0.3 is 21.6 Å². The zero-order valence-electron chi connectivity index (χ0n) is 44.6. The van der Waals surface area contributed by atoms with Crippen LogP contribution in [0.1, 0.15) is 96.5 Å². The van der Waals surface area contributed by atoms with E-state index in [4.69, 9.17) is 20.9 Å². The number of carbonyl (C=O) groups is 2. The Kier molecular flexibility index (Phi) is 16.3. The maximum atomic E-state index is 15.7. The van der Waals surface area contributed by atoms with Gasteiger partial charge in [0.1, 0.15) is 41.1 Å². The Balaban J connectivity index is 1.23. The van der Waals surface area contributed by atoms with Crippen LogP contribution in [0.4, 0.5) is 45.3 Å². The standard InChI is InChI=1S/C50H47ClF9N9O13P2S/c1-22-12-24(21-83(73,74)75)39(33(13-22)82-84(76,77)78)48(2,3)19-36(71)69(85(5,79)80)46-38-30(51)7-8-32(41(38)66(4)65-46)68-45(63-44-27(47(68)72)6-9-35(62-44)81-11-10-49(56,57)58)31(16-23-14-25(52)17-26(53)15-23)61-34(70)20-67-42-37(40(64-67)43(54)55)28-18-29(28)50(42,59)60/h6-9,12-15,17,28-29,31,43H,10-11,16,18-21H2,1-5H3,(H,61,70)(H2,73,74,75)(H2,76,77,78)/t28-,29+,31-/m0/s1. The number of phosphoric ester groups is 1. The number of hydrogen-bond acceptors (Lipinski definition) is 13. The van der Waals surface area contributed by atoms with Gasteiger partial charge in [0.05, 0.1) is 58.5 Å². The number of nitrogens with one attached hydrogen (secondary N) is 1. The first kappa shape index (κ1) is 62.6. The summed E-state index contributed by atoms with van der Waals surface area (Å²) in [7, 11) is -14.2. The first-order valence-electron chi connectivity index (χ1n) is 25.0. The maximum Gasteiger partial charge on any atom is 0.524 e. The number of sulfonamides is 1. The fourth-order valence-corrected chi connectivity index (χ4v) is 13.0. The number of benzene rings is 3. The molecule has 3 atom stereocenters. The summed E-state index contributed by atoms with van der Waals surface area (Å²) < 4.78 is 195. The molecule has 1 fully saturated rings. The van der Waals surface area contributed by atoms with Crippen molar-refractivity contribution in [2.75, 3.05) is 17.2 Å². The van der Waals surface area contributed by atoms with E-state index in [1.54, 1.807) is 0 Å². The van der Waals surface area contributed by atoms with Gasteiger partial charge in [-0.2, -0.15) is 41.4 Å². The van der Waals surface area contributed by atoms with Crippen LogP contribution in [0.25, 0.3) is 27.6 Å². The number of anilines is 1. The average molecular weight is 1280 g/mol. The van der Waals surface area contributed by atoms with E-state index in [0.29, 0.717) is 17.0 Å². The van der Waals surface area contributed by atoms with Gasteiger partial charge < -0.3 is 24.4 Å². The fourth-order valence-electron chi connectivity index (χ4n) is 10.8. The number of aryl methyl sites for hydroxylation is 2. The first-order valence-corrected chi connectivity index (χ1v) is 30.6. The number of amides is 2. The van der Waals surface area contributed by atoms with Crippen molar-refractivity contribution in [3.8, 4) is 17.3 Å². The zero-order chi connectivity index (χ0) is 62.6. The van der Waals surface area contributed by atoms with Crippen LogP contribution in [-0.4, -0.2) is 92.9 Å². The number of nitrogens with zero attached hydrogens (tertiary/aromatic N) is 8. The van der Waals surface area contributed by atoms with Crippen molar-refractivity contribution in [1.82, 2.24) is 39.4 Å². The number of hydrogen-bond donors (Lipinski definition) is 5. The Hall–Kier alpha value is -6.92. The zero-order valence-corrected chi connectivity index (χ0v) is 47.9. The molecule has 22 nitrogen and oxygen atoms in total. The van der Waals surface area contributed by atoms with Gasteiger partial charge in [0.25, 0.3) is 17.9 Å². The van der Waals surface area contributed by atoms with Crippen molar-refractivity contribution in [3.05, 3.63) is 127 Å². The highest BCUT2D eigenvalue weighted by molar-refractivity contribution is 7.92. The molecular formula is C50H47ClF9N9O13P2S. The van der Waals surface area contributed by atoms with E-state index in [1.165, 1.54) is 33.9 Å². The number of rotatable bonds is 20. The number of halogens is 10. The van der Waals surface area contributed by atoms with Crippen molar-refractivity contribution < 1.29 is 95.5 Å². The molecule has 0 bridgehead atoms. The van der Waals surface area contributed by atoms with Crippen LogP contribution >= 0.6 is 27.0 Å². The Morgan fingerprint density at radius 1 is 0.988 bits per heavy atom. The van der Waals surface area contributed by atoms with E-state index in [2.05, 4.69) is 25.5 Å². The summed E-state index contributed by atoms with van der Waals surface area (Å²) in [5, 5.41) is 9.23. The topological polar surface area (TPSA) is 300 Å². The second kappa shape index (κ2) is 22.1. The molecule has 35 heteroatoms. The minimum atomic E-state index is -5.44. The molecule has 0 aliphatic heterocycles. The third-order valence-corrected chi connectivity index (χ3v) is 16.5. The Labute approximate surface area is 479 Å². The summed E-state index contributed by atoms with van der Waals surface area (Å²) in [4.78, 5) is 93.0. The molecule has 0 unspecified atom stereocenters. The average Bonchev–Trinajstić information content (AvgIpc) is 1.55. The number of ether oxygens (including phenoxy) is 1. The minimum absolute atomic E-state index is 0.131. The second-order valence-electron chi connectivity index (χ2n) is 21.0. The molecule has 4 heterocycles. The minimum Gasteiger partial charge on any atom is -0.477 e. The van der Waals surface area contributed by atoms with E-state index in [0.717, 1.165) is 51.7 Å². The van der Waals surface area contributed by atoms with Crippen molar-refractivity contribution in [2.24, 2.45) is 13.0 Å². The molecule has 456 valence electrons. The van der Waals surface area contributed by atoms with Crippen molar-refractivity contribution in [1.29, 1.82) is 0 Å². The molecule has 2 aliphatic rings. The highest BCUT2D eigenvalue weighted by Gasteiger charge is 2.67. The van der Waals surface area contributed by atoms with Gasteiger partial charge in [0.2, 0.25) is 27.7 Å². The number of aromatic nitrogens is 7. The van der Waals surface area contributed by atoms with E-state index in [1.807, 2.05) is 0 Å². The fraction of sp³-hybridized carbons (Fsp3) is 0.380. The van der Waals surface area contributed by atoms with Gasteiger partial charge in [-0.3, -0.25) is 42.7 Å². The van der Waals surface area contributed by atoms with E-state index in [9.17, 15) is 77.4 Å². The predicted molar refractivity (Wildman–Crippen MR) is 283 cm³/mol. The van der Waals surface area contributed by atoms with E-state index in [-0.39, 0.29) is 43.5 Å².